The van der Waals surface area contributed by atoms with E-state index in [2.05, 4.69) is 25.4 Å². The van der Waals surface area contributed by atoms with E-state index in [0.29, 0.717) is 12.6 Å². The fourth-order valence-corrected chi connectivity index (χ4v) is 1.72. The van der Waals surface area contributed by atoms with Gasteiger partial charge in [0.25, 0.3) is 0 Å². The van der Waals surface area contributed by atoms with Crippen molar-refractivity contribution in [1.82, 2.24) is 34.7 Å². The third-order valence-corrected chi connectivity index (χ3v) is 2.58. The zero-order chi connectivity index (χ0) is 13.8. The van der Waals surface area contributed by atoms with Crippen molar-refractivity contribution in [2.75, 3.05) is 0 Å². The van der Waals surface area contributed by atoms with Crippen molar-refractivity contribution in [3.63, 3.8) is 0 Å². The van der Waals surface area contributed by atoms with Gasteiger partial charge < -0.3 is 4.74 Å². The SMILES string of the molecule is Cn1cc(Cn2cc(COc3ncccn3)nn2)cn1. The van der Waals surface area contributed by atoms with Crippen LogP contribution in [0.5, 0.6) is 6.01 Å². The van der Waals surface area contributed by atoms with Crippen LogP contribution < -0.4 is 4.74 Å². The maximum absolute atomic E-state index is 5.41. The molecule has 0 fully saturated rings. The number of hydrogen-bond donors (Lipinski definition) is 0. The molecule has 0 radical (unpaired) electrons. The first-order valence-electron chi connectivity index (χ1n) is 6.06. The number of nitrogens with zero attached hydrogens (tertiary/aromatic N) is 7. The van der Waals surface area contributed by atoms with Crippen LogP contribution in [0.15, 0.2) is 37.1 Å². The molecule has 0 saturated heterocycles. The summed E-state index contributed by atoms with van der Waals surface area (Å²) in [5.74, 6) is 0. The van der Waals surface area contributed by atoms with E-state index in [9.17, 15) is 0 Å². The van der Waals surface area contributed by atoms with Gasteiger partial charge in [0.15, 0.2) is 0 Å². The van der Waals surface area contributed by atoms with Gasteiger partial charge >= 0.3 is 6.01 Å². The van der Waals surface area contributed by atoms with Gasteiger partial charge in [0.05, 0.1) is 18.9 Å². The molecular weight excluding hydrogens is 258 g/mol. The largest absolute Gasteiger partial charge is 0.457 e. The van der Waals surface area contributed by atoms with Crippen molar-refractivity contribution >= 4 is 0 Å². The van der Waals surface area contributed by atoms with Crippen LogP contribution in [0.25, 0.3) is 0 Å². The lowest BCUT2D eigenvalue weighted by atomic mass is 10.4. The van der Waals surface area contributed by atoms with E-state index in [0.717, 1.165) is 11.3 Å². The van der Waals surface area contributed by atoms with Gasteiger partial charge in [-0.25, -0.2) is 14.6 Å². The summed E-state index contributed by atoms with van der Waals surface area (Å²) in [5, 5.41) is 12.2. The fourth-order valence-electron chi connectivity index (χ4n) is 1.72. The lowest BCUT2D eigenvalue weighted by molar-refractivity contribution is 0.276. The van der Waals surface area contributed by atoms with Crippen molar-refractivity contribution in [3.8, 4) is 6.01 Å². The molecule has 0 saturated carbocycles. The molecule has 0 spiro atoms. The van der Waals surface area contributed by atoms with Gasteiger partial charge in [-0.1, -0.05) is 5.21 Å². The summed E-state index contributed by atoms with van der Waals surface area (Å²) in [7, 11) is 1.88. The monoisotopic (exact) mass is 271 g/mol. The molecule has 0 aliphatic carbocycles. The summed E-state index contributed by atoms with van der Waals surface area (Å²) in [6.07, 6.45) is 8.82. The van der Waals surface area contributed by atoms with Gasteiger partial charge in [0.1, 0.15) is 12.3 Å². The van der Waals surface area contributed by atoms with Gasteiger partial charge in [-0.05, 0) is 6.07 Å². The lowest BCUT2D eigenvalue weighted by Crippen LogP contribution is -2.00. The number of rotatable bonds is 5. The highest BCUT2D eigenvalue weighted by atomic mass is 16.5. The summed E-state index contributed by atoms with van der Waals surface area (Å²) in [6.45, 7) is 0.916. The van der Waals surface area contributed by atoms with Crippen LogP contribution in [0.1, 0.15) is 11.3 Å². The Bertz CT molecular complexity index is 676. The molecule has 0 aromatic carbocycles. The van der Waals surface area contributed by atoms with Crippen molar-refractivity contribution < 1.29 is 4.74 Å². The Labute approximate surface area is 115 Å². The van der Waals surface area contributed by atoms with E-state index in [1.54, 1.807) is 34.0 Å². The number of aromatic nitrogens is 7. The first-order valence-corrected chi connectivity index (χ1v) is 6.06. The highest BCUT2D eigenvalue weighted by molar-refractivity contribution is 5.05. The zero-order valence-electron chi connectivity index (χ0n) is 10.9. The average Bonchev–Trinajstić information content (AvgIpc) is 3.08. The molecule has 102 valence electrons. The van der Waals surface area contributed by atoms with Gasteiger partial charge in [-0.15, -0.1) is 5.10 Å². The minimum atomic E-state index is 0.289. The van der Waals surface area contributed by atoms with E-state index in [4.69, 9.17) is 4.74 Å². The first kappa shape index (κ1) is 12.3. The highest BCUT2D eigenvalue weighted by Crippen LogP contribution is 2.04. The predicted molar refractivity (Wildman–Crippen MR) is 68.7 cm³/mol. The Balaban J connectivity index is 1.59. The van der Waals surface area contributed by atoms with E-state index in [-0.39, 0.29) is 6.61 Å². The fraction of sp³-hybridized carbons (Fsp3) is 0.250. The van der Waals surface area contributed by atoms with Gasteiger partial charge in [-0.3, -0.25) is 4.68 Å². The lowest BCUT2D eigenvalue weighted by Gasteiger charge is -1.99. The average molecular weight is 271 g/mol. The maximum Gasteiger partial charge on any atom is 0.316 e. The standard InChI is InChI=1S/C12H13N7O/c1-18-6-10(5-15-18)7-19-8-11(16-17-19)9-20-12-13-3-2-4-14-12/h2-6,8H,7,9H2,1H3. The summed E-state index contributed by atoms with van der Waals surface area (Å²) in [4.78, 5) is 7.94. The third kappa shape index (κ3) is 2.97. The van der Waals surface area contributed by atoms with Gasteiger partial charge in [0, 0.05) is 31.2 Å². The molecule has 0 atom stereocenters. The Morgan fingerprint density at radius 1 is 1.20 bits per heavy atom. The van der Waals surface area contributed by atoms with Gasteiger partial charge in [0.2, 0.25) is 0 Å². The Morgan fingerprint density at radius 2 is 2.05 bits per heavy atom. The second kappa shape index (κ2) is 5.47. The number of aryl methyl sites for hydroxylation is 1. The van der Waals surface area contributed by atoms with Crippen LogP contribution in [0, 0.1) is 0 Å². The molecule has 8 nitrogen and oxygen atoms in total. The second-order valence-electron chi connectivity index (χ2n) is 4.25. The van der Waals surface area contributed by atoms with Gasteiger partial charge in [-0.2, -0.15) is 5.10 Å². The summed E-state index contributed by atoms with van der Waals surface area (Å²) < 4.78 is 8.90. The Hall–Kier alpha value is -2.77. The molecule has 0 unspecified atom stereocenters. The summed E-state index contributed by atoms with van der Waals surface area (Å²) >= 11 is 0. The number of ether oxygens (including phenoxy) is 1. The molecule has 0 bridgehead atoms. The van der Waals surface area contributed by atoms with Crippen molar-refractivity contribution in [1.29, 1.82) is 0 Å². The number of hydrogen-bond acceptors (Lipinski definition) is 6. The summed E-state index contributed by atoms with van der Waals surface area (Å²) in [5.41, 5.74) is 1.79. The molecule has 0 amide bonds. The third-order valence-electron chi connectivity index (χ3n) is 2.58. The summed E-state index contributed by atoms with van der Waals surface area (Å²) in [6, 6.07) is 2.06. The minimum absolute atomic E-state index is 0.289. The van der Waals surface area contributed by atoms with Crippen molar-refractivity contribution in [2.45, 2.75) is 13.2 Å². The van der Waals surface area contributed by atoms with Crippen LogP contribution in [-0.4, -0.2) is 34.7 Å². The minimum Gasteiger partial charge on any atom is -0.457 e. The van der Waals surface area contributed by atoms with E-state index >= 15 is 0 Å². The maximum atomic E-state index is 5.41. The molecule has 3 heterocycles. The van der Waals surface area contributed by atoms with Crippen molar-refractivity contribution in [3.05, 3.63) is 48.3 Å². The van der Waals surface area contributed by atoms with Crippen LogP contribution >= 0.6 is 0 Å². The zero-order valence-corrected chi connectivity index (χ0v) is 10.9. The van der Waals surface area contributed by atoms with Crippen LogP contribution in [0.4, 0.5) is 0 Å². The molecule has 0 N–H and O–H groups in total. The molecule has 3 rings (SSSR count). The molecule has 0 aliphatic rings. The topological polar surface area (TPSA) is 83.5 Å². The second-order valence-corrected chi connectivity index (χ2v) is 4.25. The quantitative estimate of drug-likeness (QED) is 0.669. The van der Waals surface area contributed by atoms with Crippen LogP contribution in [-0.2, 0) is 20.2 Å². The van der Waals surface area contributed by atoms with E-state index in [1.165, 1.54) is 0 Å². The van der Waals surface area contributed by atoms with E-state index < -0.39 is 0 Å². The molecule has 8 heteroatoms. The predicted octanol–water partition coefficient (Wildman–Crippen LogP) is 0.429. The van der Waals surface area contributed by atoms with E-state index in [1.807, 2.05) is 19.4 Å². The van der Waals surface area contributed by atoms with Crippen LogP contribution in [0.3, 0.4) is 0 Å². The molecular formula is C12H13N7O. The smallest absolute Gasteiger partial charge is 0.316 e. The van der Waals surface area contributed by atoms with Crippen molar-refractivity contribution in [2.24, 2.45) is 7.05 Å². The Kier molecular flexibility index (Phi) is 3.36. The van der Waals surface area contributed by atoms with Crippen LogP contribution in [0.2, 0.25) is 0 Å². The highest BCUT2D eigenvalue weighted by Gasteiger charge is 2.04. The molecule has 20 heavy (non-hydrogen) atoms. The molecule has 3 aromatic rings. The Morgan fingerprint density at radius 3 is 2.80 bits per heavy atom. The normalized spacial score (nSPS) is 10.7. The first-order chi connectivity index (χ1) is 9.79. The molecule has 0 aliphatic heterocycles. The molecule has 3 aromatic heterocycles.